The number of nitrogens with zero attached hydrogens (tertiary/aromatic N) is 4. The first kappa shape index (κ1) is 21.3. The van der Waals surface area contributed by atoms with Crippen LogP contribution in [-0.4, -0.2) is 64.6 Å². The minimum atomic E-state index is -0.509. The maximum atomic E-state index is 13.8. The van der Waals surface area contributed by atoms with Crippen molar-refractivity contribution in [2.24, 2.45) is 11.8 Å². The predicted molar refractivity (Wildman–Crippen MR) is 126 cm³/mol. The molecule has 1 aromatic carbocycles. The van der Waals surface area contributed by atoms with Crippen LogP contribution in [0.2, 0.25) is 5.02 Å². The van der Waals surface area contributed by atoms with E-state index in [1.807, 2.05) is 29.2 Å². The van der Waals surface area contributed by atoms with Gasteiger partial charge in [0.25, 0.3) is 0 Å². The van der Waals surface area contributed by atoms with E-state index >= 15 is 0 Å². The Balaban J connectivity index is 1.20. The largest absolute Gasteiger partial charge is 0.387 e. The van der Waals surface area contributed by atoms with E-state index in [2.05, 4.69) is 27.1 Å². The van der Waals surface area contributed by atoms with Crippen LogP contribution in [0.25, 0.3) is 0 Å². The van der Waals surface area contributed by atoms with Gasteiger partial charge >= 0.3 is 0 Å². The molecule has 2 saturated heterocycles. The van der Waals surface area contributed by atoms with Crippen LogP contribution in [0.15, 0.2) is 30.6 Å². The number of halogens is 1. The fourth-order valence-corrected chi connectivity index (χ4v) is 6.34. The van der Waals surface area contributed by atoms with Gasteiger partial charge in [-0.3, -0.25) is 4.79 Å². The van der Waals surface area contributed by atoms with Gasteiger partial charge in [-0.05, 0) is 54.8 Å². The standard InChI is InChI=1S/C25H30ClN5O2/c1-14-10-19(32)23-20(14)24(29-13-28-23)30-6-8-31(9-7-30)25(33)21(15-2-4-17(26)5-3-15)22-18-11-16(18)12-27-22/h2-5,13-14,16,18-19,21-22,27,32H,6-12H2,1H3/t14-,16?,18?,19-,21+,22+/m1/s1. The lowest BCUT2D eigenvalue weighted by Crippen LogP contribution is -2.52. The van der Waals surface area contributed by atoms with Crippen molar-refractivity contribution in [3.8, 4) is 0 Å². The first-order valence-electron chi connectivity index (χ1n) is 12.1. The summed E-state index contributed by atoms with van der Waals surface area (Å²) in [6.07, 6.45) is 2.97. The molecule has 1 amide bonds. The number of benzene rings is 1. The monoisotopic (exact) mass is 467 g/mol. The van der Waals surface area contributed by atoms with Crippen LogP contribution in [0.5, 0.6) is 0 Å². The third kappa shape index (κ3) is 3.70. The van der Waals surface area contributed by atoms with E-state index in [4.69, 9.17) is 11.6 Å². The highest BCUT2D eigenvalue weighted by atomic mass is 35.5. The molecule has 2 aliphatic heterocycles. The highest BCUT2D eigenvalue weighted by Crippen LogP contribution is 2.49. The number of aromatic nitrogens is 2. The second-order valence-corrected chi connectivity index (χ2v) is 10.5. The summed E-state index contributed by atoms with van der Waals surface area (Å²) in [6.45, 7) is 5.94. The second-order valence-electron chi connectivity index (χ2n) is 10.1. The maximum absolute atomic E-state index is 13.8. The number of hydrogen-bond donors (Lipinski definition) is 2. The summed E-state index contributed by atoms with van der Waals surface area (Å²) in [4.78, 5) is 27.0. The quantitative estimate of drug-likeness (QED) is 0.719. The molecule has 8 heteroatoms. The molecule has 0 bridgehead atoms. The number of aliphatic hydroxyl groups is 1. The lowest BCUT2D eigenvalue weighted by Gasteiger charge is -2.39. The van der Waals surface area contributed by atoms with Crippen molar-refractivity contribution in [1.82, 2.24) is 20.2 Å². The number of nitrogens with one attached hydrogen (secondary N) is 1. The number of piperidine rings is 1. The lowest BCUT2D eigenvalue weighted by molar-refractivity contribution is -0.134. The van der Waals surface area contributed by atoms with Gasteiger partial charge in [-0.25, -0.2) is 9.97 Å². The van der Waals surface area contributed by atoms with Gasteiger partial charge < -0.3 is 20.2 Å². The first-order chi connectivity index (χ1) is 16.0. The highest BCUT2D eigenvalue weighted by molar-refractivity contribution is 6.30. The van der Waals surface area contributed by atoms with E-state index in [1.165, 1.54) is 6.42 Å². The molecule has 2 aromatic rings. The van der Waals surface area contributed by atoms with Crippen molar-refractivity contribution in [3.63, 3.8) is 0 Å². The van der Waals surface area contributed by atoms with Gasteiger partial charge in [0.05, 0.1) is 17.7 Å². The Morgan fingerprint density at radius 1 is 1.15 bits per heavy atom. The Kier molecular flexibility index (Phi) is 5.31. The Morgan fingerprint density at radius 3 is 2.58 bits per heavy atom. The normalized spacial score (nSPS) is 31.3. The Labute approximate surface area is 199 Å². The zero-order valence-electron chi connectivity index (χ0n) is 18.8. The van der Waals surface area contributed by atoms with Gasteiger partial charge in [0.1, 0.15) is 12.1 Å². The van der Waals surface area contributed by atoms with Crippen molar-refractivity contribution in [2.75, 3.05) is 37.6 Å². The topological polar surface area (TPSA) is 81.6 Å². The Morgan fingerprint density at radius 2 is 1.91 bits per heavy atom. The molecule has 2 unspecified atom stereocenters. The van der Waals surface area contributed by atoms with Gasteiger partial charge in [0.2, 0.25) is 5.91 Å². The Bertz CT molecular complexity index is 1060. The van der Waals surface area contributed by atoms with Gasteiger partial charge in [0.15, 0.2) is 0 Å². The molecule has 4 aliphatic rings. The van der Waals surface area contributed by atoms with E-state index in [9.17, 15) is 9.90 Å². The molecule has 6 rings (SSSR count). The van der Waals surface area contributed by atoms with Crippen molar-refractivity contribution in [2.45, 2.75) is 43.7 Å². The average molecular weight is 468 g/mol. The minimum Gasteiger partial charge on any atom is -0.387 e. The van der Waals surface area contributed by atoms with E-state index in [1.54, 1.807) is 6.33 Å². The summed E-state index contributed by atoms with van der Waals surface area (Å²) >= 11 is 6.13. The molecule has 7 nitrogen and oxygen atoms in total. The SMILES string of the molecule is C[C@@H]1C[C@@H](O)c2ncnc(N3CCN(C(=O)[C@@H](c4ccc(Cl)cc4)[C@H]4NCC5CC54)CC3)c21. The van der Waals surface area contributed by atoms with E-state index < -0.39 is 6.10 Å². The van der Waals surface area contributed by atoms with Crippen molar-refractivity contribution >= 4 is 23.3 Å². The van der Waals surface area contributed by atoms with Crippen LogP contribution in [0, 0.1) is 11.8 Å². The van der Waals surface area contributed by atoms with Gasteiger partial charge in [-0.15, -0.1) is 0 Å². The number of amides is 1. The van der Waals surface area contributed by atoms with Gasteiger partial charge in [-0.2, -0.15) is 0 Å². The van der Waals surface area contributed by atoms with Crippen LogP contribution in [-0.2, 0) is 4.79 Å². The zero-order chi connectivity index (χ0) is 22.7. The van der Waals surface area contributed by atoms with Crippen molar-refractivity contribution < 1.29 is 9.90 Å². The predicted octanol–water partition coefficient (Wildman–Crippen LogP) is 2.71. The summed E-state index contributed by atoms with van der Waals surface area (Å²) in [5.41, 5.74) is 2.88. The molecule has 1 aromatic heterocycles. The molecule has 0 radical (unpaired) electrons. The summed E-state index contributed by atoms with van der Waals surface area (Å²) in [5, 5.41) is 14.7. The molecule has 33 heavy (non-hydrogen) atoms. The average Bonchev–Trinajstić information content (AvgIpc) is 3.41. The summed E-state index contributed by atoms with van der Waals surface area (Å²) in [6, 6.07) is 8.00. The van der Waals surface area contributed by atoms with E-state index in [0.29, 0.717) is 30.5 Å². The lowest BCUT2D eigenvalue weighted by atomic mass is 9.87. The first-order valence-corrected chi connectivity index (χ1v) is 12.4. The number of aliphatic hydroxyl groups excluding tert-OH is 1. The maximum Gasteiger partial charge on any atom is 0.231 e. The highest BCUT2D eigenvalue weighted by Gasteiger charge is 2.53. The molecule has 3 heterocycles. The minimum absolute atomic E-state index is 0.176. The number of anilines is 1. The summed E-state index contributed by atoms with van der Waals surface area (Å²) in [7, 11) is 0. The molecule has 2 N–H and O–H groups in total. The number of carbonyl (C=O) groups is 1. The number of hydrogen-bond acceptors (Lipinski definition) is 6. The molecule has 3 fully saturated rings. The van der Waals surface area contributed by atoms with E-state index in [-0.39, 0.29) is 23.8 Å². The van der Waals surface area contributed by atoms with Crippen LogP contribution < -0.4 is 10.2 Å². The molecule has 0 spiro atoms. The smallest absolute Gasteiger partial charge is 0.231 e. The third-order valence-corrected chi connectivity index (χ3v) is 8.33. The summed E-state index contributed by atoms with van der Waals surface area (Å²) in [5.74, 6) is 2.52. The molecule has 1 saturated carbocycles. The number of rotatable bonds is 4. The van der Waals surface area contributed by atoms with Crippen LogP contribution in [0.1, 0.15) is 54.5 Å². The summed E-state index contributed by atoms with van der Waals surface area (Å²) < 4.78 is 0. The van der Waals surface area contributed by atoms with Crippen molar-refractivity contribution in [3.05, 3.63) is 52.4 Å². The number of fused-ring (bicyclic) bond motifs is 2. The van der Waals surface area contributed by atoms with Crippen molar-refractivity contribution in [1.29, 1.82) is 0 Å². The van der Waals surface area contributed by atoms with Crippen LogP contribution in [0.4, 0.5) is 5.82 Å². The number of carbonyl (C=O) groups excluding carboxylic acids is 1. The van der Waals surface area contributed by atoms with Gasteiger partial charge in [-0.1, -0.05) is 30.7 Å². The van der Waals surface area contributed by atoms with Gasteiger partial charge in [0, 0.05) is 42.8 Å². The second kappa shape index (κ2) is 8.22. The number of piperazine rings is 1. The fourth-order valence-electron chi connectivity index (χ4n) is 6.21. The zero-order valence-corrected chi connectivity index (χ0v) is 19.6. The molecule has 2 aliphatic carbocycles. The van der Waals surface area contributed by atoms with E-state index in [0.717, 1.165) is 48.2 Å². The van der Waals surface area contributed by atoms with Crippen LogP contribution >= 0.6 is 11.6 Å². The molecule has 6 atom stereocenters. The molecular formula is C25H30ClN5O2. The molecule has 174 valence electrons. The third-order valence-electron chi connectivity index (χ3n) is 8.08. The molecular weight excluding hydrogens is 438 g/mol. The fraction of sp³-hybridized carbons (Fsp3) is 0.560. The van der Waals surface area contributed by atoms with Crippen LogP contribution in [0.3, 0.4) is 0 Å². The Hall–Kier alpha value is -2.22.